The van der Waals surface area contributed by atoms with Gasteiger partial charge in [-0.05, 0) is 0 Å². The van der Waals surface area contributed by atoms with Gasteiger partial charge in [-0.25, -0.2) is 0 Å². The van der Waals surface area contributed by atoms with Crippen LogP contribution in [0.25, 0.3) is 21.5 Å². The molecule has 204 valence electrons. The van der Waals surface area contributed by atoms with Gasteiger partial charge in [-0.2, -0.15) is 11.1 Å². The van der Waals surface area contributed by atoms with Gasteiger partial charge >= 0.3 is 53.0 Å². The van der Waals surface area contributed by atoms with Crippen LogP contribution in [-0.2, 0) is 18.9 Å². The molecule has 0 atom stereocenters. The van der Waals surface area contributed by atoms with Crippen LogP contribution in [-0.4, -0.2) is 3.21 Å². The number of benzene rings is 2. The molecule has 2 aliphatic rings. The predicted molar refractivity (Wildman–Crippen MR) is 168 cm³/mol. The first-order chi connectivity index (χ1) is 18.5. The summed E-state index contributed by atoms with van der Waals surface area (Å²) in [4.78, 5) is 0. The molecule has 0 bridgehead atoms. The molecule has 0 N–H and O–H groups in total. The summed E-state index contributed by atoms with van der Waals surface area (Å²) in [6, 6.07) is 27.0. The molecule has 2 fully saturated rings. The molecule has 2 aliphatic carbocycles. The Hall–Kier alpha value is -1.01. The van der Waals surface area contributed by atoms with Crippen molar-refractivity contribution in [1.29, 1.82) is 0 Å². The van der Waals surface area contributed by atoms with Gasteiger partial charge in [0.1, 0.15) is 0 Å². The van der Waals surface area contributed by atoms with E-state index in [4.69, 9.17) is 17.0 Å². The van der Waals surface area contributed by atoms with E-state index in [1.165, 1.54) is 102 Å². The van der Waals surface area contributed by atoms with Gasteiger partial charge < -0.3 is 0 Å². The summed E-state index contributed by atoms with van der Waals surface area (Å²) in [6.45, 7) is 3.96. The molecule has 38 heavy (non-hydrogen) atoms. The zero-order valence-corrected chi connectivity index (χ0v) is 27.3. The Kier molecular flexibility index (Phi) is 12.4. The van der Waals surface area contributed by atoms with Crippen LogP contribution in [0.5, 0.6) is 0 Å². The standard InChI is InChI=1S/2C16H19.C3H6.2ClH.Zr/c2*1-2-4-8-13(7-3-1)16-12-11-14-9-5-6-10-15(14)16;1-3-2;;;/h2*5-6,9-13H,1-4,7-8H2;1-2H3;2*1H;/q2*-1;;;;+2/p-2. The fourth-order valence-corrected chi connectivity index (χ4v) is 6.24. The Morgan fingerprint density at radius 1 is 0.605 bits per heavy atom. The van der Waals surface area contributed by atoms with E-state index >= 15 is 0 Å². The van der Waals surface area contributed by atoms with E-state index in [0.29, 0.717) is 0 Å². The molecule has 0 aliphatic heterocycles. The molecule has 4 aromatic carbocycles. The zero-order valence-electron chi connectivity index (χ0n) is 23.3. The van der Waals surface area contributed by atoms with E-state index in [1.807, 2.05) is 13.8 Å². The summed E-state index contributed by atoms with van der Waals surface area (Å²) in [5.41, 5.74) is 3.22. The van der Waals surface area contributed by atoms with E-state index in [1.54, 1.807) is 11.1 Å². The summed E-state index contributed by atoms with van der Waals surface area (Å²) in [5.74, 6) is 1.64. The maximum absolute atomic E-state index is 5.54. The van der Waals surface area contributed by atoms with Crippen molar-refractivity contribution in [2.75, 3.05) is 0 Å². The fraction of sp³-hybridized carbons (Fsp3) is 0.457. The van der Waals surface area contributed by atoms with Crippen LogP contribution in [0.3, 0.4) is 0 Å². The summed E-state index contributed by atoms with van der Waals surface area (Å²) < 4.78 is 1.24. The Bertz CT molecular complexity index is 1170. The normalized spacial score (nSPS) is 17.1. The van der Waals surface area contributed by atoms with E-state index in [9.17, 15) is 0 Å². The monoisotopic (exact) mass is 624 g/mol. The number of hydrogen-bond acceptors (Lipinski definition) is 0. The van der Waals surface area contributed by atoms with Crippen LogP contribution < -0.4 is 0 Å². The van der Waals surface area contributed by atoms with Crippen molar-refractivity contribution in [3.8, 4) is 0 Å². The van der Waals surface area contributed by atoms with Crippen molar-refractivity contribution in [3.05, 3.63) is 83.9 Å². The van der Waals surface area contributed by atoms with Crippen molar-refractivity contribution >= 4 is 41.8 Å². The smallest absolute Gasteiger partial charge is 0.0533 e. The second-order valence-electron chi connectivity index (χ2n) is 11.4. The predicted octanol–water partition coefficient (Wildman–Crippen LogP) is 12.1. The number of rotatable bonds is 2. The molecule has 2 saturated carbocycles. The van der Waals surface area contributed by atoms with Crippen LogP contribution >= 0.6 is 17.0 Å². The van der Waals surface area contributed by atoms with E-state index in [2.05, 4.69) is 72.8 Å². The van der Waals surface area contributed by atoms with Gasteiger partial charge in [-0.1, -0.05) is 101 Å². The average molecular weight is 627 g/mol. The van der Waals surface area contributed by atoms with Crippen molar-refractivity contribution in [2.24, 2.45) is 0 Å². The van der Waals surface area contributed by atoms with E-state index in [-0.39, 0.29) is 0 Å². The summed E-state index contributed by atoms with van der Waals surface area (Å²) in [5, 5.41) is 5.83. The first-order valence-corrected chi connectivity index (χ1v) is 22.4. The third-order valence-electron chi connectivity index (χ3n) is 8.40. The van der Waals surface area contributed by atoms with Gasteiger partial charge in [0.2, 0.25) is 0 Å². The van der Waals surface area contributed by atoms with Gasteiger partial charge in [-0.15, -0.1) is 82.2 Å². The number of hydrogen-bond donors (Lipinski definition) is 0. The Balaban J connectivity index is 0.000000147. The van der Waals surface area contributed by atoms with Crippen LogP contribution in [0.1, 0.15) is 114 Å². The maximum atomic E-state index is 5.54. The number of fused-ring (bicyclic) bond motifs is 2. The third-order valence-corrected chi connectivity index (χ3v) is 14.7. The molecule has 0 radical (unpaired) electrons. The summed E-state index contributed by atoms with van der Waals surface area (Å²) >= 11 is -1.84. The summed E-state index contributed by atoms with van der Waals surface area (Å²) in [7, 11) is 11.1. The Morgan fingerprint density at radius 3 is 1.29 bits per heavy atom. The van der Waals surface area contributed by atoms with E-state index < -0.39 is 18.9 Å². The van der Waals surface area contributed by atoms with Gasteiger partial charge in [0, 0.05) is 0 Å². The van der Waals surface area contributed by atoms with Gasteiger partial charge in [0.25, 0.3) is 0 Å². The third kappa shape index (κ3) is 8.49. The second kappa shape index (κ2) is 15.7. The quantitative estimate of drug-likeness (QED) is 0.153. The molecule has 0 spiro atoms. The van der Waals surface area contributed by atoms with Gasteiger partial charge in [0.15, 0.2) is 0 Å². The largest absolute Gasteiger partial charge is 0.150 e. The van der Waals surface area contributed by atoms with Gasteiger partial charge in [0.05, 0.1) is 0 Å². The molecule has 6 rings (SSSR count). The van der Waals surface area contributed by atoms with Crippen LogP contribution in [0.4, 0.5) is 0 Å². The molecule has 0 saturated heterocycles. The molecule has 0 aromatic heterocycles. The van der Waals surface area contributed by atoms with Crippen molar-refractivity contribution < 1.29 is 18.9 Å². The molecular formula is C35H44Cl2Zr-2. The minimum atomic E-state index is -1.84. The molecule has 0 heterocycles. The number of halogens is 2. The van der Waals surface area contributed by atoms with Crippen molar-refractivity contribution in [2.45, 2.75) is 103 Å². The van der Waals surface area contributed by atoms with Crippen LogP contribution in [0.15, 0.2) is 72.8 Å². The molecule has 0 amide bonds. The second-order valence-corrected chi connectivity index (χ2v) is 20.7. The van der Waals surface area contributed by atoms with Crippen molar-refractivity contribution in [1.82, 2.24) is 0 Å². The van der Waals surface area contributed by atoms with Crippen LogP contribution in [0, 0.1) is 0 Å². The molecule has 3 heteroatoms. The first kappa shape index (κ1) is 30.0. The Morgan fingerprint density at radius 2 is 0.947 bits per heavy atom. The minimum Gasteiger partial charge on any atom is -0.150 e. The zero-order chi connectivity index (χ0) is 26.7. The molecule has 0 unspecified atom stereocenters. The summed E-state index contributed by atoms with van der Waals surface area (Å²) in [6.07, 6.45) is 17.0. The SMILES string of the molecule is C[C](C)=[Zr]([Cl])[Cl].c1ccc2c(C3CCCCCC3)c[cH-]c2c1.c1ccc2c(C3CCCCCC3)c[cH-]c2c1. The van der Waals surface area contributed by atoms with Crippen LogP contribution in [0.2, 0.25) is 0 Å². The van der Waals surface area contributed by atoms with Gasteiger partial charge in [-0.3, -0.25) is 0 Å². The minimum absolute atomic E-state index is 0.822. The van der Waals surface area contributed by atoms with E-state index in [0.717, 1.165) is 11.8 Å². The molecular weight excluding hydrogens is 583 g/mol. The topological polar surface area (TPSA) is 0 Å². The molecule has 4 aromatic rings. The Labute approximate surface area is 245 Å². The first-order valence-electron chi connectivity index (χ1n) is 14.8. The average Bonchev–Trinajstić information content (AvgIpc) is 3.32. The maximum Gasteiger partial charge on any atom is -0.0533 e. The fourth-order valence-electron chi connectivity index (χ4n) is 6.24. The molecule has 0 nitrogen and oxygen atoms in total. The van der Waals surface area contributed by atoms with Crippen molar-refractivity contribution in [3.63, 3.8) is 0 Å².